The highest BCUT2D eigenvalue weighted by Crippen LogP contribution is 2.24. The first kappa shape index (κ1) is 15.7. The molecular formula is C12H23N3O4. The molecule has 1 rings (SSSR count). The fourth-order valence-corrected chi connectivity index (χ4v) is 2.13. The summed E-state index contributed by atoms with van der Waals surface area (Å²) in [7, 11) is 3.90. The van der Waals surface area contributed by atoms with E-state index < -0.39 is 11.6 Å². The van der Waals surface area contributed by atoms with Gasteiger partial charge in [-0.3, -0.25) is 0 Å². The fraction of sp³-hybridized carbons (Fsp3) is 0.833. The SMILES string of the molecule is CC(CN(C)C)NC(=O)N1CC(C)(OCC(=O)O)C1. The number of hydrogen-bond acceptors (Lipinski definition) is 4. The lowest BCUT2D eigenvalue weighted by Gasteiger charge is -2.47. The smallest absolute Gasteiger partial charge is 0.329 e. The van der Waals surface area contributed by atoms with Crippen molar-refractivity contribution in [2.24, 2.45) is 0 Å². The number of urea groups is 1. The number of carbonyl (C=O) groups is 2. The molecule has 0 aromatic carbocycles. The minimum Gasteiger partial charge on any atom is -0.480 e. The molecule has 0 aromatic heterocycles. The van der Waals surface area contributed by atoms with Gasteiger partial charge in [-0.25, -0.2) is 9.59 Å². The van der Waals surface area contributed by atoms with Crippen molar-refractivity contribution in [2.75, 3.05) is 40.3 Å². The van der Waals surface area contributed by atoms with Crippen LogP contribution in [0.4, 0.5) is 4.79 Å². The maximum atomic E-state index is 11.9. The van der Waals surface area contributed by atoms with Crippen LogP contribution in [0, 0.1) is 0 Å². The molecule has 1 heterocycles. The van der Waals surface area contributed by atoms with Crippen molar-refractivity contribution in [1.29, 1.82) is 0 Å². The van der Waals surface area contributed by atoms with E-state index in [9.17, 15) is 9.59 Å². The van der Waals surface area contributed by atoms with Crippen molar-refractivity contribution in [3.63, 3.8) is 0 Å². The van der Waals surface area contributed by atoms with Crippen LogP contribution < -0.4 is 5.32 Å². The van der Waals surface area contributed by atoms with Crippen molar-refractivity contribution in [3.8, 4) is 0 Å². The Morgan fingerprint density at radius 3 is 2.53 bits per heavy atom. The monoisotopic (exact) mass is 273 g/mol. The van der Waals surface area contributed by atoms with Gasteiger partial charge >= 0.3 is 12.0 Å². The maximum absolute atomic E-state index is 11.9. The quantitative estimate of drug-likeness (QED) is 0.701. The molecule has 1 fully saturated rings. The lowest BCUT2D eigenvalue weighted by molar-refractivity contribution is -0.159. The van der Waals surface area contributed by atoms with E-state index in [2.05, 4.69) is 5.32 Å². The van der Waals surface area contributed by atoms with E-state index in [-0.39, 0.29) is 18.7 Å². The van der Waals surface area contributed by atoms with Crippen molar-refractivity contribution in [2.45, 2.75) is 25.5 Å². The van der Waals surface area contributed by atoms with E-state index in [0.717, 1.165) is 6.54 Å². The van der Waals surface area contributed by atoms with Crippen LogP contribution in [0.1, 0.15) is 13.8 Å². The summed E-state index contributed by atoms with van der Waals surface area (Å²) >= 11 is 0. The van der Waals surface area contributed by atoms with Gasteiger partial charge in [0.2, 0.25) is 0 Å². The number of nitrogens with one attached hydrogen (secondary N) is 1. The number of carboxylic acid groups (broad SMARTS) is 1. The first-order chi connectivity index (χ1) is 8.72. The maximum Gasteiger partial charge on any atom is 0.329 e. The van der Waals surface area contributed by atoms with Crippen molar-refractivity contribution in [3.05, 3.63) is 0 Å². The molecule has 0 spiro atoms. The molecule has 0 saturated carbocycles. The van der Waals surface area contributed by atoms with Gasteiger partial charge in [-0.05, 0) is 27.9 Å². The number of carbonyl (C=O) groups excluding carboxylic acids is 1. The first-order valence-electron chi connectivity index (χ1n) is 6.28. The number of likely N-dealkylation sites (tertiary alicyclic amines) is 1. The summed E-state index contributed by atoms with van der Waals surface area (Å²) in [5.41, 5.74) is -0.541. The minimum absolute atomic E-state index is 0.0642. The topological polar surface area (TPSA) is 82.1 Å². The second kappa shape index (κ2) is 6.21. The van der Waals surface area contributed by atoms with Gasteiger partial charge < -0.3 is 25.0 Å². The van der Waals surface area contributed by atoms with Gasteiger partial charge in [-0.1, -0.05) is 0 Å². The molecule has 19 heavy (non-hydrogen) atoms. The van der Waals surface area contributed by atoms with E-state index in [0.29, 0.717) is 13.1 Å². The second-order valence-corrected chi connectivity index (χ2v) is 5.60. The molecule has 7 nitrogen and oxygen atoms in total. The Morgan fingerprint density at radius 2 is 2.05 bits per heavy atom. The molecule has 1 atom stereocenters. The number of amides is 2. The van der Waals surface area contributed by atoms with Gasteiger partial charge in [0.05, 0.1) is 13.1 Å². The second-order valence-electron chi connectivity index (χ2n) is 5.60. The third kappa shape index (κ3) is 5.04. The highest BCUT2D eigenvalue weighted by molar-refractivity contribution is 5.76. The molecule has 1 saturated heterocycles. The number of ether oxygens (including phenoxy) is 1. The van der Waals surface area contributed by atoms with Gasteiger partial charge in [-0.15, -0.1) is 0 Å². The van der Waals surface area contributed by atoms with Gasteiger partial charge in [0.15, 0.2) is 0 Å². The molecule has 1 aliphatic heterocycles. The molecule has 0 aromatic rings. The summed E-state index contributed by atoms with van der Waals surface area (Å²) < 4.78 is 5.25. The number of likely N-dealkylation sites (N-methyl/N-ethyl adjacent to an activating group) is 1. The number of hydrogen-bond donors (Lipinski definition) is 2. The summed E-state index contributed by atoms with van der Waals surface area (Å²) in [5.74, 6) is -0.997. The molecule has 2 N–H and O–H groups in total. The molecule has 7 heteroatoms. The molecule has 0 aliphatic carbocycles. The van der Waals surface area contributed by atoms with Crippen molar-refractivity contribution >= 4 is 12.0 Å². The van der Waals surface area contributed by atoms with Crippen LogP contribution in [0.15, 0.2) is 0 Å². The predicted molar refractivity (Wildman–Crippen MR) is 70.1 cm³/mol. The molecule has 0 radical (unpaired) electrons. The summed E-state index contributed by atoms with van der Waals surface area (Å²) in [6, 6.07) is -0.0694. The van der Waals surface area contributed by atoms with E-state index >= 15 is 0 Å². The van der Waals surface area contributed by atoms with Crippen LogP contribution in [-0.2, 0) is 9.53 Å². The number of carboxylic acids is 1. The Kier molecular flexibility index (Phi) is 5.13. The molecular weight excluding hydrogens is 250 g/mol. The van der Waals surface area contributed by atoms with Crippen LogP contribution in [-0.4, -0.2) is 78.9 Å². The van der Waals surface area contributed by atoms with Crippen LogP contribution in [0.25, 0.3) is 0 Å². The predicted octanol–water partition coefficient (Wildman–Crippen LogP) is -0.178. The third-order valence-electron chi connectivity index (χ3n) is 2.89. The summed E-state index contributed by atoms with van der Waals surface area (Å²) in [6.45, 7) is 5.03. The molecule has 2 amide bonds. The molecule has 1 unspecified atom stereocenters. The van der Waals surface area contributed by atoms with Crippen LogP contribution in [0.2, 0.25) is 0 Å². The van der Waals surface area contributed by atoms with Crippen molar-refractivity contribution < 1.29 is 19.4 Å². The zero-order valence-electron chi connectivity index (χ0n) is 12.0. The van der Waals surface area contributed by atoms with Gasteiger partial charge in [0, 0.05) is 12.6 Å². The standard InChI is InChI=1S/C12H23N3O4/c1-9(5-14(3)4)13-11(18)15-7-12(2,8-15)19-6-10(16)17/h9H,5-8H2,1-4H3,(H,13,18)(H,16,17). The first-order valence-corrected chi connectivity index (χ1v) is 6.28. The van der Waals surface area contributed by atoms with Crippen molar-refractivity contribution in [1.82, 2.24) is 15.1 Å². The Balaban J connectivity index is 2.29. The third-order valence-corrected chi connectivity index (χ3v) is 2.89. The van der Waals surface area contributed by atoms with E-state index in [1.807, 2.05) is 32.8 Å². The Hall–Kier alpha value is -1.34. The number of aliphatic carboxylic acids is 1. The van der Waals surface area contributed by atoms with E-state index in [4.69, 9.17) is 9.84 Å². The molecule has 0 bridgehead atoms. The summed E-state index contributed by atoms with van der Waals surface area (Å²) in [6.07, 6.45) is 0. The van der Waals surface area contributed by atoms with Crippen LogP contribution >= 0.6 is 0 Å². The lowest BCUT2D eigenvalue weighted by atomic mass is 9.97. The van der Waals surface area contributed by atoms with Gasteiger partial charge in [-0.2, -0.15) is 0 Å². The highest BCUT2D eigenvalue weighted by Gasteiger charge is 2.42. The fourth-order valence-electron chi connectivity index (χ4n) is 2.13. The number of rotatable bonds is 6. The zero-order chi connectivity index (χ0) is 14.6. The average Bonchev–Trinajstić information content (AvgIpc) is 2.20. The Labute approximate surface area is 113 Å². The normalized spacial score (nSPS) is 18.9. The van der Waals surface area contributed by atoms with Crippen LogP contribution in [0.5, 0.6) is 0 Å². The van der Waals surface area contributed by atoms with Gasteiger partial charge in [0.25, 0.3) is 0 Å². The van der Waals surface area contributed by atoms with Crippen LogP contribution in [0.3, 0.4) is 0 Å². The molecule has 1 aliphatic rings. The number of nitrogens with zero attached hydrogens (tertiary/aromatic N) is 2. The van der Waals surface area contributed by atoms with E-state index in [1.165, 1.54) is 0 Å². The summed E-state index contributed by atoms with van der Waals surface area (Å²) in [5, 5.41) is 11.4. The minimum atomic E-state index is -0.997. The Bertz CT molecular complexity index is 340. The highest BCUT2D eigenvalue weighted by atomic mass is 16.5. The zero-order valence-corrected chi connectivity index (χ0v) is 12.0. The lowest BCUT2D eigenvalue weighted by Crippen LogP contribution is -2.66. The van der Waals surface area contributed by atoms with Gasteiger partial charge in [0.1, 0.15) is 12.2 Å². The summed E-state index contributed by atoms with van der Waals surface area (Å²) in [4.78, 5) is 25.9. The average molecular weight is 273 g/mol. The van der Waals surface area contributed by atoms with E-state index in [1.54, 1.807) is 4.90 Å². The molecule has 110 valence electrons. The largest absolute Gasteiger partial charge is 0.480 e. The Morgan fingerprint density at radius 1 is 1.47 bits per heavy atom.